The highest BCUT2D eigenvalue weighted by Crippen LogP contribution is 2.34. The Morgan fingerprint density at radius 3 is 1.73 bits per heavy atom. The summed E-state index contributed by atoms with van der Waals surface area (Å²) < 4.78 is 0.194. The quantitative estimate of drug-likeness (QED) is 0.653. The van der Waals surface area contributed by atoms with Crippen LogP contribution in [0.1, 0.15) is 60.3 Å². The summed E-state index contributed by atoms with van der Waals surface area (Å²) in [5.74, 6) is 0. The van der Waals surface area contributed by atoms with Crippen molar-refractivity contribution in [3.63, 3.8) is 0 Å². The van der Waals surface area contributed by atoms with E-state index in [1.54, 1.807) is 0 Å². The molecule has 1 N–H and O–H groups in total. The second-order valence-electron chi connectivity index (χ2n) is 6.40. The third kappa shape index (κ3) is 10.6. The standard InChI is InChI=1S/C9H19N.C4H10S/c1-9(2)6-4-8(10-3)5-7-9;1-4(2,3)5/h8,10H,4-7H2,1-3H3;5H,1-3H3. The molecule has 0 amide bonds. The Morgan fingerprint density at radius 1 is 1.13 bits per heavy atom. The monoisotopic (exact) mass is 231 g/mol. The predicted octanol–water partition coefficient (Wildman–Crippen LogP) is 3.89. The molecule has 0 spiro atoms. The fourth-order valence-corrected chi connectivity index (χ4v) is 1.69. The van der Waals surface area contributed by atoms with Crippen molar-refractivity contribution in [1.29, 1.82) is 0 Å². The van der Waals surface area contributed by atoms with Gasteiger partial charge in [0.05, 0.1) is 0 Å². The minimum atomic E-state index is 0.194. The minimum Gasteiger partial charge on any atom is -0.317 e. The Hall–Kier alpha value is 0.310. The second-order valence-corrected chi connectivity index (χ2v) is 7.74. The Morgan fingerprint density at radius 2 is 1.47 bits per heavy atom. The Kier molecular flexibility index (Phi) is 6.27. The molecule has 0 unspecified atom stereocenters. The third-order valence-electron chi connectivity index (χ3n) is 2.75. The van der Waals surface area contributed by atoms with E-state index >= 15 is 0 Å². The van der Waals surface area contributed by atoms with Gasteiger partial charge < -0.3 is 5.32 Å². The SMILES string of the molecule is CC(C)(C)S.CNC1CCC(C)(C)CC1. The lowest BCUT2D eigenvalue weighted by Gasteiger charge is -2.33. The van der Waals surface area contributed by atoms with Crippen LogP contribution in [0.2, 0.25) is 0 Å². The van der Waals surface area contributed by atoms with Crippen molar-refractivity contribution in [2.45, 2.75) is 71.1 Å². The fourth-order valence-electron chi connectivity index (χ4n) is 1.69. The second kappa shape index (κ2) is 6.15. The zero-order chi connectivity index (χ0) is 12.1. The molecule has 0 bridgehead atoms. The summed E-state index contributed by atoms with van der Waals surface area (Å²) >= 11 is 4.12. The first-order chi connectivity index (χ1) is 6.64. The molecule has 2 heteroatoms. The zero-order valence-electron chi connectivity index (χ0n) is 11.4. The first-order valence-corrected chi connectivity index (χ1v) is 6.48. The van der Waals surface area contributed by atoms with Gasteiger partial charge >= 0.3 is 0 Å². The maximum Gasteiger partial charge on any atom is 0.00644 e. The van der Waals surface area contributed by atoms with Crippen LogP contribution in [0.4, 0.5) is 0 Å². The van der Waals surface area contributed by atoms with Crippen LogP contribution in [-0.2, 0) is 0 Å². The van der Waals surface area contributed by atoms with E-state index in [0.717, 1.165) is 6.04 Å². The molecule has 15 heavy (non-hydrogen) atoms. The smallest absolute Gasteiger partial charge is 0.00644 e. The van der Waals surface area contributed by atoms with Crippen LogP contribution in [0.3, 0.4) is 0 Å². The van der Waals surface area contributed by atoms with Crippen LogP contribution in [0, 0.1) is 5.41 Å². The van der Waals surface area contributed by atoms with E-state index in [9.17, 15) is 0 Å². The van der Waals surface area contributed by atoms with Crippen molar-refractivity contribution in [3.8, 4) is 0 Å². The van der Waals surface area contributed by atoms with Gasteiger partial charge in [0.15, 0.2) is 0 Å². The topological polar surface area (TPSA) is 12.0 Å². The van der Waals surface area contributed by atoms with Crippen molar-refractivity contribution >= 4 is 12.6 Å². The molecule has 1 aliphatic carbocycles. The minimum absolute atomic E-state index is 0.194. The van der Waals surface area contributed by atoms with Crippen molar-refractivity contribution < 1.29 is 0 Å². The maximum absolute atomic E-state index is 4.12. The molecule has 1 rings (SSSR count). The van der Waals surface area contributed by atoms with E-state index in [1.165, 1.54) is 25.7 Å². The number of hydrogen-bond donors (Lipinski definition) is 2. The van der Waals surface area contributed by atoms with Crippen molar-refractivity contribution in [3.05, 3.63) is 0 Å². The molecule has 1 saturated carbocycles. The summed E-state index contributed by atoms with van der Waals surface area (Å²) in [6.07, 6.45) is 5.50. The highest BCUT2D eigenvalue weighted by atomic mass is 32.1. The number of nitrogens with one attached hydrogen (secondary N) is 1. The zero-order valence-corrected chi connectivity index (χ0v) is 12.2. The van der Waals surface area contributed by atoms with E-state index in [1.807, 2.05) is 0 Å². The molecule has 0 aromatic heterocycles. The first kappa shape index (κ1) is 15.3. The molecule has 0 aromatic carbocycles. The van der Waals surface area contributed by atoms with E-state index in [0.29, 0.717) is 5.41 Å². The van der Waals surface area contributed by atoms with Gasteiger partial charge in [0, 0.05) is 10.8 Å². The van der Waals surface area contributed by atoms with Gasteiger partial charge in [-0.15, -0.1) is 0 Å². The lowest BCUT2D eigenvalue weighted by molar-refractivity contribution is 0.211. The van der Waals surface area contributed by atoms with Crippen LogP contribution < -0.4 is 5.32 Å². The summed E-state index contributed by atoms with van der Waals surface area (Å²) in [6, 6.07) is 0.799. The van der Waals surface area contributed by atoms with Crippen LogP contribution in [-0.4, -0.2) is 17.8 Å². The van der Waals surface area contributed by atoms with Gasteiger partial charge in [-0.2, -0.15) is 12.6 Å². The predicted molar refractivity (Wildman–Crippen MR) is 73.8 cm³/mol. The van der Waals surface area contributed by atoms with Gasteiger partial charge in [0.25, 0.3) is 0 Å². The maximum atomic E-state index is 4.12. The van der Waals surface area contributed by atoms with Crippen LogP contribution in [0.25, 0.3) is 0 Å². The first-order valence-electron chi connectivity index (χ1n) is 6.04. The molecular weight excluding hydrogens is 202 g/mol. The normalized spacial score (nSPS) is 21.8. The van der Waals surface area contributed by atoms with Gasteiger partial charge in [-0.3, -0.25) is 0 Å². The summed E-state index contributed by atoms with van der Waals surface area (Å²) in [5, 5.41) is 3.34. The summed E-state index contributed by atoms with van der Waals surface area (Å²) in [7, 11) is 2.07. The van der Waals surface area contributed by atoms with Gasteiger partial charge in [0.2, 0.25) is 0 Å². The molecule has 0 atom stereocenters. The number of thiol groups is 1. The van der Waals surface area contributed by atoms with Crippen molar-refractivity contribution in [1.82, 2.24) is 5.32 Å². The third-order valence-corrected chi connectivity index (χ3v) is 2.75. The van der Waals surface area contributed by atoms with Crippen LogP contribution >= 0.6 is 12.6 Å². The highest BCUT2D eigenvalue weighted by Gasteiger charge is 2.25. The summed E-state index contributed by atoms with van der Waals surface area (Å²) in [5.41, 5.74) is 0.618. The lowest BCUT2D eigenvalue weighted by Crippen LogP contribution is -2.33. The molecule has 1 fully saturated rings. The average Bonchev–Trinajstić information content (AvgIpc) is 2.01. The summed E-state index contributed by atoms with van der Waals surface area (Å²) in [4.78, 5) is 0. The van der Waals surface area contributed by atoms with Crippen LogP contribution in [0.15, 0.2) is 0 Å². The van der Waals surface area contributed by atoms with E-state index in [4.69, 9.17) is 0 Å². The molecule has 0 heterocycles. The molecule has 0 radical (unpaired) electrons. The molecular formula is C13H29NS. The van der Waals surface area contributed by atoms with Gasteiger partial charge in [-0.05, 0) is 38.1 Å². The molecule has 0 aromatic rings. The summed E-state index contributed by atoms with van der Waals surface area (Å²) in [6.45, 7) is 10.9. The van der Waals surface area contributed by atoms with Gasteiger partial charge in [0.1, 0.15) is 0 Å². The molecule has 1 aliphatic rings. The number of hydrogen-bond acceptors (Lipinski definition) is 2. The number of rotatable bonds is 1. The van der Waals surface area contributed by atoms with E-state index in [2.05, 4.69) is 59.6 Å². The van der Waals surface area contributed by atoms with E-state index < -0.39 is 0 Å². The van der Waals surface area contributed by atoms with Crippen molar-refractivity contribution in [2.75, 3.05) is 7.05 Å². The molecule has 0 aliphatic heterocycles. The molecule has 1 nitrogen and oxygen atoms in total. The fraction of sp³-hybridized carbons (Fsp3) is 1.00. The van der Waals surface area contributed by atoms with Gasteiger partial charge in [-0.25, -0.2) is 0 Å². The van der Waals surface area contributed by atoms with E-state index in [-0.39, 0.29) is 4.75 Å². The highest BCUT2D eigenvalue weighted by molar-refractivity contribution is 7.81. The molecule has 0 saturated heterocycles. The largest absolute Gasteiger partial charge is 0.317 e. The Labute approximate surface area is 102 Å². The van der Waals surface area contributed by atoms with Crippen molar-refractivity contribution in [2.24, 2.45) is 5.41 Å². The Bertz CT molecular complexity index is 154. The Balaban J connectivity index is 0.000000336. The molecule has 92 valence electrons. The lowest BCUT2D eigenvalue weighted by atomic mass is 9.76. The average molecular weight is 231 g/mol. The van der Waals surface area contributed by atoms with Gasteiger partial charge in [-0.1, -0.05) is 34.6 Å². The van der Waals surface area contributed by atoms with Crippen LogP contribution in [0.5, 0.6) is 0 Å².